The molecule has 1 aromatic carbocycles. The van der Waals surface area contributed by atoms with Crippen LogP contribution in [0.3, 0.4) is 0 Å². The van der Waals surface area contributed by atoms with E-state index in [4.69, 9.17) is 11.6 Å². The first-order valence-corrected chi connectivity index (χ1v) is 4.15. The van der Waals surface area contributed by atoms with Gasteiger partial charge in [-0.05, 0) is 26.1 Å². The minimum atomic E-state index is -0.260. The van der Waals surface area contributed by atoms with Crippen LogP contribution in [0.4, 0.5) is 4.39 Å². The lowest BCUT2D eigenvalue weighted by molar-refractivity contribution is 0.562. The van der Waals surface area contributed by atoms with Crippen molar-refractivity contribution in [3.8, 4) is 0 Å². The highest BCUT2D eigenvalue weighted by Gasteiger charge is 2.11. The summed E-state index contributed by atoms with van der Waals surface area (Å²) >= 11 is 5.82. The van der Waals surface area contributed by atoms with E-state index in [0.29, 0.717) is 10.6 Å². The van der Waals surface area contributed by atoms with Crippen molar-refractivity contribution in [3.63, 3.8) is 0 Å². The summed E-state index contributed by atoms with van der Waals surface area (Å²) in [5.41, 5.74) is 0.529. The van der Waals surface area contributed by atoms with Gasteiger partial charge in [-0.1, -0.05) is 17.7 Å². The Morgan fingerprint density at radius 1 is 1.50 bits per heavy atom. The fourth-order valence-electron chi connectivity index (χ4n) is 1.07. The van der Waals surface area contributed by atoms with Crippen molar-refractivity contribution in [2.45, 2.75) is 13.0 Å². The Bertz CT molecular complexity index is 255. The Balaban J connectivity index is 3.12. The van der Waals surface area contributed by atoms with Gasteiger partial charge in [0.05, 0.1) is 0 Å². The van der Waals surface area contributed by atoms with Crippen LogP contribution in [-0.4, -0.2) is 7.05 Å². The minimum absolute atomic E-state index is 0.0568. The molecule has 0 aliphatic carbocycles. The molecule has 0 unspecified atom stereocenters. The average molecular weight is 188 g/mol. The third kappa shape index (κ3) is 1.76. The molecule has 0 aliphatic rings. The standard InChI is InChI=1S/C9H11ClFN/c1-6(12-2)9-7(10)4-3-5-8(9)11/h3-6,12H,1-2H3/t6-/m1/s1. The van der Waals surface area contributed by atoms with Gasteiger partial charge in [-0.25, -0.2) is 4.39 Å². The van der Waals surface area contributed by atoms with E-state index < -0.39 is 0 Å². The second-order valence-electron chi connectivity index (χ2n) is 2.65. The largest absolute Gasteiger partial charge is 0.313 e. The maximum absolute atomic E-state index is 13.2. The topological polar surface area (TPSA) is 12.0 Å². The molecule has 0 aliphatic heterocycles. The molecular formula is C9H11ClFN. The Morgan fingerprint density at radius 3 is 2.67 bits per heavy atom. The fraction of sp³-hybridized carbons (Fsp3) is 0.333. The molecule has 0 amide bonds. The van der Waals surface area contributed by atoms with Gasteiger partial charge >= 0.3 is 0 Å². The molecular weight excluding hydrogens is 177 g/mol. The van der Waals surface area contributed by atoms with Gasteiger partial charge in [0.15, 0.2) is 0 Å². The summed E-state index contributed by atoms with van der Waals surface area (Å²) in [6, 6.07) is 4.64. The van der Waals surface area contributed by atoms with Crippen molar-refractivity contribution < 1.29 is 4.39 Å². The van der Waals surface area contributed by atoms with Crippen molar-refractivity contribution in [1.29, 1.82) is 0 Å². The lowest BCUT2D eigenvalue weighted by Crippen LogP contribution is -2.14. The van der Waals surface area contributed by atoms with E-state index in [1.165, 1.54) is 6.07 Å². The molecule has 1 aromatic rings. The fourth-order valence-corrected chi connectivity index (χ4v) is 1.40. The molecule has 1 rings (SSSR count). The normalized spacial score (nSPS) is 13.0. The Kier molecular flexibility index (Phi) is 3.06. The van der Waals surface area contributed by atoms with Gasteiger partial charge in [0.25, 0.3) is 0 Å². The van der Waals surface area contributed by atoms with Gasteiger partial charge in [-0.2, -0.15) is 0 Å². The van der Waals surface area contributed by atoms with Crippen LogP contribution in [0.1, 0.15) is 18.5 Å². The summed E-state index contributed by atoms with van der Waals surface area (Å²) in [7, 11) is 1.77. The summed E-state index contributed by atoms with van der Waals surface area (Å²) in [6.07, 6.45) is 0. The van der Waals surface area contributed by atoms with Crippen molar-refractivity contribution in [2.24, 2.45) is 0 Å². The molecule has 3 heteroatoms. The molecule has 1 N–H and O–H groups in total. The number of nitrogens with one attached hydrogen (secondary N) is 1. The second-order valence-corrected chi connectivity index (χ2v) is 3.05. The molecule has 0 aromatic heterocycles. The van der Waals surface area contributed by atoms with E-state index in [2.05, 4.69) is 5.32 Å². The number of hydrogen-bond donors (Lipinski definition) is 1. The third-order valence-corrected chi connectivity index (χ3v) is 2.20. The van der Waals surface area contributed by atoms with Crippen molar-refractivity contribution in [3.05, 3.63) is 34.6 Å². The molecule has 0 bridgehead atoms. The van der Waals surface area contributed by atoms with Gasteiger partial charge < -0.3 is 5.32 Å². The van der Waals surface area contributed by atoms with Gasteiger partial charge in [0.2, 0.25) is 0 Å². The molecule has 12 heavy (non-hydrogen) atoms. The highest BCUT2D eigenvalue weighted by atomic mass is 35.5. The number of rotatable bonds is 2. The molecule has 1 nitrogen and oxygen atoms in total. The SMILES string of the molecule is CN[C@H](C)c1c(F)cccc1Cl. The van der Waals surface area contributed by atoms with Crippen LogP contribution < -0.4 is 5.32 Å². The maximum Gasteiger partial charge on any atom is 0.129 e. The van der Waals surface area contributed by atoms with E-state index in [1.807, 2.05) is 6.92 Å². The highest BCUT2D eigenvalue weighted by Crippen LogP contribution is 2.24. The van der Waals surface area contributed by atoms with Crippen LogP contribution in [-0.2, 0) is 0 Å². The maximum atomic E-state index is 13.2. The number of hydrogen-bond acceptors (Lipinski definition) is 1. The lowest BCUT2D eigenvalue weighted by Gasteiger charge is -2.12. The van der Waals surface area contributed by atoms with Crippen LogP contribution in [0.2, 0.25) is 5.02 Å². The Hall–Kier alpha value is -0.600. The van der Waals surface area contributed by atoms with Crippen LogP contribution in [0.5, 0.6) is 0 Å². The summed E-state index contributed by atoms with van der Waals surface area (Å²) in [6.45, 7) is 1.87. The van der Waals surface area contributed by atoms with E-state index in [0.717, 1.165) is 0 Å². The van der Waals surface area contributed by atoms with E-state index in [-0.39, 0.29) is 11.9 Å². The first-order valence-electron chi connectivity index (χ1n) is 3.78. The second kappa shape index (κ2) is 3.87. The summed E-state index contributed by atoms with van der Waals surface area (Å²) in [5, 5.41) is 3.41. The molecule has 0 spiro atoms. The average Bonchev–Trinajstić information content (AvgIpc) is 2.03. The minimum Gasteiger partial charge on any atom is -0.313 e. The van der Waals surface area contributed by atoms with Gasteiger partial charge in [-0.15, -0.1) is 0 Å². The Morgan fingerprint density at radius 2 is 2.17 bits per heavy atom. The molecule has 0 fully saturated rings. The van der Waals surface area contributed by atoms with E-state index >= 15 is 0 Å². The van der Waals surface area contributed by atoms with Gasteiger partial charge in [0.1, 0.15) is 5.82 Å². The smallest absolute Gasteiger partial charge is 0.129 e. The molecule has 0 saturated heterocycles. The molecule has 1 atom stereocenters. The predicted octanol–water partition coefficient (Wildman–Crippen LogP) is 2.76. The zero-order valence-corrected chi connectivity index (χ0v) is 7.82. The molecule has 0 radical (unpaired) electrons. The van der Waals surface area contributed by atoms with Gasteiger partial charge in [-0.3, -0.25) is 0 Å². The van der Waals surface area contributed by atoms with Crippen LogP contribution in [0.25, 0.3) is 0 Å². The third-order valence-electron chi connectivity index (χ3n) is 1.87. The van der Waals surface area contributed by atoms with Crippen molar-refractivity contribution in [1.82, 2.24) is 5.32 Å². The quantitative estimate of drug-likeness (QED) is 0.751. The Labute approximate surface area is 76.5 Å². The van der Waals surface area contributed by atoms with Crippen LogP contribution in [0, 0.1) is 5.82 Å². The predicted molar refractivity (Wildman–Crippen MR) is 48.9 cm³/mol. The zero-order chi connectivity index (χ0) is 9.14. The van der Waals surface area contributed by atoms with E-state index in [1.54, 1.807) is 19.2 Å². The number of benzene rings is 1. The number of halogens is 2. The summed E-state index contributed by atoms with van der Waals surface area (Å²) in [4.78, 5) is 0. The first-order chi connectivity index (χ1) is 5.66. The van der Waals surface area contributed by atoms with Crippen molar-refractivity contribution in [2.75, 3.05) is 7.05 Å². The van der Waals surface area contributed by atoms with Gasteiger partial charge in [0, 0.05) is 16.6 Å². The first kappa shape index (κ1) is 9.49. The summed E-state index contributed by atoms with van der Waals surface area (Å²) < 4.78 is 13.2. The molecule has 0 heterocycles. The molecule has 66 valence electrons. The van der Waals surface area contributed by atoms with Crippen molar-refractivity contribution >= 4 is 11.6 Å². The highest BCUT2D eigenvalue weighted by molar-refractivity contribution is 6.31. The van der Waals surface area contributed by atoms with E-state index in [9.17, 15) is 4.39 Å². The summed E-state index contributed by atoms with van der Waals surface area (Å²) in [5.74, 6) is -0.260. The monoisotopic (exact) mass is 187 g/mol. The zero-order valence-electron chi connectivity index (χ0n) is 7.07. The lowest BCUT2D eigenvalue weighted by atomic mass is 10.1. The van der Waals surface area contributed by atoms with Crippen LogP contribution in [0.15, 0.2) is 18.2 Å². The molecule has 0 saturated carbocycles. The van der Waals surface area contributed by atoms with Crippen LogP contribution >= 0.6 is 11.6 Å².